The zero-order chi connectivity index (χ0) is 7.98. The fraction of sp³-hybridized carbons (Fsp3) is 0.600. The number of carbonyl (C=O) groups is 2. The van der Waals surface area contributed by atoms with Gasteiger partial charge in [-0.1, -0.05) is 0 Å². The molecule has 5 heteroatoms. The third-order valence-corrected chi connectivity index (χ3v) is 0.965. The molecule has 1 amide bonds. The predicted molar refractivity (Wildman–Crippen MR) is 36.1 cm³/mol. The number of nitrogens with one attached hydrogen (secondary N) is 1. The van der Waals surface area contributed by atoms with E-state index in [1.165, 1.54) is 0 Å². The first kappa shape index (κ1) is 9.23. The second kappa shape index (κ2) is 5.05. The van der Waals surface area contributed by atoms with Crippen molar-refractivity contribution in [3.8, 4) is 0 Å². The summed E-state index contributed by atoms with van der Waals surface area (Å²) in [6.45, 7) is 0.314. The Bertz CT molecular complexity index is 121. The predicted octanol–water partition coefficient (Wildman–Crippen LogP) is 0.800. The number of carboxylic acid groups (broad SMARTS) is 1. The molecule has 0 atom stereocenters. The van der Waals surface area contributed by atoms with Crippen LogP contribution >= 0.6 is 11.6 Å². The SMILES string of the molecule is O=C(O)CCCNC(=O)Cl. The summed E-state index contributed by atoms with van der Waals surface area (Å²) in [4.78, 5) is 19.9. The van der Waals surface area contributed by atoms with E-state index in [9.17, 15) is 9.59 Å². The van der Waals surface area contributed by atoms with E-state index in [0.717, 1.165) is 0 Å². The summed E-state index contributed by atoms with van der Waals surface area (Å²) < 4.78 is 0. The van der Waals surface area contributed by atoms with Crippen molar-refractivity contribution in [3.63, 3.8) is 0 Å². The Balaban J connectivity index is 3.06. The quantitative estimate of drug-likeness (QED) is 0.368. The number of hydrogen-bond acceptors (Lipinski definition) is 2. The Morgan fingerprint density at radius 2 is 2.10 bits per heavy atom. The highest BCUT2D eigenvalue weighted by atomic mass is 35.5. The molecule has 0 aliphatic carbocycles. The number of aliphatic carboxylic acids is 1. The fourth-order valence-electron chi connectivity index (χ4n) is 0.426. The van der Waals surface area contributed by atoms with Gasteiger partial charge in [-0.2, -0.15) is 0 Å². The molecule has 0 fully saturated rings. The lowest BCUT2D eigenvalue weighted by molar-refractivity contribution is -0.137. The minimum atomic E-state index is -0.871. The lowest BCUT2D eigenvalue weighted by Gasteiger charge is -1.95. The van der Waals surface area contributed by atoms with Crippen LogP contribution in [0.2, 0.25) is 0 Å². The van der Waals surface area contributed by atoms with Crippen LogP contribution in [0.3, 0.4) is 0 Å². The van der Waals surface area contributed by atoms with E-state index in [1.54, 1.807) is 0 Å². The summed E-state index contributed by atoms with van der Waals surface area (Å²) in [5, 5.41) is 9.75. The first-order valence-electron chi connectivity index (χ1n) is 2.78. The highest BCUT2D eigenvalue weighted by molar-refractivity contribution is 6.62. The van der Waals surface area contributed by atoms with Crippen LogP contribution < -0.4 is 5.32 Å². The molecule has 0 saturated carbocycles. The highest BCUT2D eigenvalue weighted by Gasteiger charge is 1.96. The van der Waals surface area contributed by atoms with Crippen LogP contribution in [0.5, 0.6) is 0 Å². The summed E-state index contributed by atoms with van der Waals surface area (Å²) in [6.07, 6.45) is 0.463. The second-order valence-corrected chi connectivity index (χ2v) is 2.04. The van der Waals surface area contributed by atoms with E-state index in [2.05, 4.69) is 5.32 Å². The van der Waals surface area contributed by atoms with Gasteiger partial charge in [0.15, 0.2) is 0 Å². The average molecular weight is 166 g/mol. The molecular weight excluding hydrogens is 158 g/mol. The largest absolute Gasteiger partial charge is 0.481 e. The second-order valence-electron chi connectivity index (χ2n) is 1.70. The Kier molecular flexibility index (Phi) is 4.66. The van der Waals surface area contributed by atoms with Gasteiger partial charge in [-0.05, 0) is 18.0 Å². The molecule has 4 nitrogen and oxygen atoms in total. The molecule has 0 rings (SSSR count). The van der Waals surface area contributed by atoms with Crippen LogP contribution in [-0.2, 0) is 4.79 Å². The van der Waals surface area contributed by atoms with E-state index in [-0.39, 0.29) is 6.42 Å². The minimum absolute atomic E-state index is 0.0527. The molecule has 0 bridgehead atoms. The molecule has 0 saturated heterocycles. The average Bonchev–Trinajstić information content (AvgIpc) is 1.79. The van der Waals surface area contributed by atoms with Crippen LogP contribution in [-0.4, -0.2) is 23.0 Å². The molecule has 0 aromatic carbocycles. The zero-order valence-electron chi connectivity index (χ0n) is 5.26. The molecule has 2 N–H and O–H groups in total. The summed E-state index contributed by atoms with van der Waals surface area (Å²) >= 11 is 4.90. The summed E-state index contributed by atoms with van der Waals surface area (Å²) in [7, 11) is 0. The van der Waals surface area contributed by atoms with Crippen LogP contribution in [0.15, 0.2) is 0 Å². The van der Waals surface area contributed by atoms with Crippen molar-refractivity contribution in [2.24, 2.45) is 0 Å². The van der Waals surface area contributed by atoms with Crippen molar-refractivity contribution in [1.29, 1.82) is 0 Å². The van der Waals surface area contributed by atoms with Gasteiger partial charge in [0.2, 0.25) is 0 Å². The molecule has 0 radical (unpaired) electrons. The topological polar surface area (TPSA) is 66.4 Å². The van der Waals surface area contributed by atoms with E-state index in [0.29, 0.717) is 13.0 Å². The Hall–Kier alpha value is -0.770. The third kappa shape index (κ3) is 7.23. The molecule has 0 heterocycles. The van der Waals surface area contributed by atoms with E-state index in [4.69, 9.17) is 16.7 Å². The van der Waals surface area contributed by atoms with Crippen LogP contribution in [0.4, 0.5) is 4.79 Å². The maximum atomic E-state index is 10.00. The van der Waals surface area contributed by atoms with Crippen LogP contribution in [0.25, 0.3) is 0 Å². The van der Waals surface area contributed by atoms with Crippen LogP contribution in [0.1, 0.15) is 12.8 Å². The Morgan fingerprint density at radius 1 is 1.50 bits per heavy atom. The van der Waals surface area contributed by atoms with Crippen molar-refractivity contribution in [2.75, 3.05) is 6.54 Å². The molecule has 58 valence electrons. The van der Waals surface area contributed by atoms with Crippen LogP contribution in [0, 0.1) is 0 Å². The maximum Gasteiger partial charge on any atom is 0.313 e. The lowest BCUT2D eigenvalue weighted by atomic mass is 10.3. The van der Waals surface area contributed by atoms with Gasteiger partial charge in [0.1, 0.15) is 0 Å². The number of carboxylic acids is 1. The maximum absolute atomic E-state index is 10.00. The van der Waals surface area contributed by atoms with Gasteiger partial charge >= 0.3 is 11.3 Å². The molecule has 0 unspecified atom stereocenters. The van der Waals surface area contributed by atoms with E-state index in [1.807, 2.05) is 0 Å². The molecule has 0 spiro atoms. The normalized spacial score (nSPS) is 8.90. The molecule has 0 aromatic heterocycles. The van der Waals surface area contributed by atoms with Gasteiger partial charge < -0.3 is 10.4 Å². The van der Waals surface area contributed by atoms with Crippen molar-refractivity contribution in [2.45, 2.75) is 12.8 Å². The van der Waals surface area contributed by atoms with Gasteiger partial charge in [0.25, 0.3) is 0 Å². The Morgan fingerprint density at radius 3 is 2.50 bits per heavy atom. The summed E-state index contributed by atoms with van der Waals surface area (Å²) in [5.41, 5.74) is 0. The Labute approximate surface area is 63.2 Å². The lowest BCUT2D eigenvalue weighted by Crippen LogP contribution is -2.18. The van der Waals surface area contributed by atoms with Gasteiger partial charge in [0.05, 0.1) is 0 Å². The number of halogens is 1. The van der Waals surface area contributed by atoms with Gasteiger partial charge in [-0.25, -0.2) is 0 Å². The first-order chi connectivity index (χ1) is 4.63. The summed E-state index contributed by atoms with van der Waals surface area (Å²) in [5.74, 6) is -0.871. The van der Waals surface area contributed by atoms with Gasteiger partial charge in [-0.3, -0.25) is 9.59 Å². The van der Waals surface area contributed by atoms with Crippen molar-refractivity contribution < 1.29 is 14.7 Å². The van der Waals surface area contributed by atoms with E-state index < -0.39 is 11.3 Å². The monoisotopic (exact) mass is 165 g/mol. The van der Waals surface area contributed by atoms with Gasteiger partial charge in [-0.15, -0.1) is 0 Å². The smallest absolute Gasteiger partial charge is 0.313 e. The number of hydrogen-bond donors (Lipinski definition) is 2. The molecule has 0 aliphatic heterocycles. The zero-order valence-corrected chi connectivity index (χ0v) is 6.02. The summed E-state index contributed by atoms with van der Waals surface area (Å²) in [6, 6.07) is 0. The number of amides is 1. The van der Waals surface area contributed by atoms with Crippen molar-refractivity contribution in [3.05, 3.63) is 0 Å². The molecule has 0 aromatic rings. The standard InChI is InChI=1S/C5H8ClNO3/c6-5(10)7-3-1-2-4(8)9/h1-3H2,(H,7,10)(H,8,9). The van der Waals surface area contributed by atoms with Crippen molar-refractivity contribution >= 4 is 22.9 Å². The number of rotatable bonds is 4. The molecular formula is C5H8ClNO3. The minimum Gasteiger partial charge on any atom is -0.481 e. The third-order valence-electron chi connectivity index (χ3n) is 0.831. The molecule has 10 heavy (non-hydrogen) atoms. The molecule has 0 aliphatic rings. The number of carbonyl (C=O) groups excluding carboxylic acids is 1. The van der Waals surface area contributed by atoms with E-state index >= 15 is 0 Å². The highest BCUT2D eigenvalue weighted by Crippen LogP contribution is 1.86. The first-order valence-corrected chi connectivity index (χ1v) is 3.16. The fourth-order valence-corrected chi connectivity index (χ4v) is 0.521. The van der Waals surface area contributed by atoms with Gasteiger partial charge in [0, 0.05) is 13.0 Å². The van der Waals surface area contributed by atoms with Crippen molar-refractivity contribution in [1.82, 2.24) is 5.32 Å².